The zero-order valence-electron chi connectivity index (χ0n) is 9.65. The molecule has 0 saturated carbocycles. The molecule has 0 spiro atoms. The number of fused-ring (bicyclic) bond motifs is 1. The van der Waals surface area contributed by atoms with Gasteiger partial charge in [-0.05, 0) is 25.0 Å². The maximum absolute atomic E-state index is 11.2. The minimum Gasteiger partial charge on any atom is -0.480 e. The van der Waals surface area contributed by atoms with Crippen LogP contribution in [-0.2, 0) is 11.2 Å². The topological polar surface area (TPSA) is 80.9 Å². The van der Waals surface area contributed by atoms with Crippen molar-refractivity contribution >= 4 is 5.97 Å². The predicted molar refractivity (Wildman–Crippen MR) is 62.9 cm³/mol. The number of aliphatic carboxylic acids is 1. The summed E-state index contributed by atoms with van der Waals surface area (Å²) >= 11 is 0. The average molecular weight is 244 g/mol. The Balaban J connectivity index is 2.04. The van der Waals surface area contributed by atoms with Crippen LogP contribution in [0, 0.1) is 0 Å². The molecule has 1 unspecified atom stereocenters. The molecule has 2 aromatic heterocycles. The summed E-state index contributed by atoms with van der Waals surface area (Å²) in [4.78, 5) is 19.7. The van der Waals surface area contributed by atoms with Gasteiger partial charge in [-0.1, -0.05) is 6.07 Å². The Morgan fingerprint density at radius 1 is 1.44 bits per heavy atom. The molecule has 0 radical (unpaired) electrons. The van der Waals surface area contributed by atoms with Crippen molar-refractivity contribution in [3.05, 3.63) is 30.2 Å². The fraction of sp³-hybridized carbons (Fsp3) is 0.333. The molecule has 1 atom stereocenters. The van der Waals surface area contributed by atoms with E-state index < -0.39 is 12.0 Å². The van der Waals surface area contributed by atoms with Gasteiger partial charge in [0.25, 0.3) is 0 Å². The van der Waals surface area contributed by atoms with E-state index in [9.17, 15) is 4.79 Å². The first kappa shape index (κ1) is 10.9. The van der Waals surface area contributed by atoms with E-state index in [1.54, 1.807) is 6.20 Å². The molecule has 0 amide bonds. The Kier molecular flexibility index (Phi) is 2.55. The van der Waals surface area contributed by atoms with Crippen LogP contribution in [0.2, 0.25) is 0 Å². The van der Waals surface area contributed by atoms with Crippen molar-refractivity contribution < 1.29 is 9.90 Å². The molecular formula is C12H12N4O2. The summed E-state index contributed by atoms with van der Waals surface area (Å²) in [6, 6.07) is 4.90. The van der Waals surface area contributed by atoms with E-state index in [0.717, 1.165) is 18.7 Å². The summed E-state index contributed by atoms with van der Waals surface area (Å²) in [6.45, 7) is 0. The van der Waals surface area contributed by atoms with Gasteiger partial charge in [0.1, 0.15) is 11.5 Å². The molecular weight excluding hydrogens is 232 g/mol. The van der Waals surface area contributed by atoms with E-state index in [-0.39, 0.29) is 0 Å². The number of rotatable bonds is 2. The van der Waals surface area contributed by atoms with Crippen molar-refractivity contribution in [2.45, 2.75) is 25.3 Å². The number of carbonyl (C=O) groups is 1. The number of hydrogen-bond acceptors (Lipinski definition) is 4. The second-order valence-electron chi connectivity index (χ2n) is 4.26. The first-order valence-electron chi connectivity index (χ1n) is 5.85. The zero-order chi connectivity index (χ0) is 12.5. The van der Waals surface area contributed by atoms with Crippen LogP contribution in [0.5, 0.6) is 0 Å². The Hall–Kier alpha value is -2.24. The van der Waals surface area contributed by atoms with Crippen LogP contribution in [0.1, 0.15) is 24.7 Å². The van der Waals surface area contributed by atoms with Gasteiger partial charge in [0.05, 0.1) is 0 Å². The molecule has 6 nitrogen and oxygen atoms in total. The van der Waals surface area contributed by atoms with E-state index in [1.807, 2.05) is 18.2 Å². The first-order valence-corrected chi connectivity index (χ1v) is 5.85. The van der Waals surface area contributed by atoms with Crippen LogP contribution in [0.25, 0.3) is 11.5 Å². The lowest BCUT2D eigenvalue weighted by Gasteiger charge is -2.19. The summed E-state index contributed by atoms with van der Waals surface area (Å²) in [5.74, 6) is 0.376. The van der Waals surface area contributed by atoms with E-state index >= 15 is 0 Å². The van der Waals surface area contributed by atoms with Crippen molar-refractivity contribution in [2.75, 3.05) is 0 Å². The SMILES string of the molecule is O=C(O)C1CCCc2nc(-c3ccccn3)nn21. The minimum atomic E-state index is -0.853. The Bertz CT molecular complexity index is 579. The van der Waals surface area contributed by atoms with E-state index in [0.29, 0.717) is 17.9 Å². The van der Waals surface area contributed by atoms with Gasteiger partial charge in [-0.2, -0.15) is 0 Å². The highest BCUT2D eigenvalue weighted by Gasteiger charge is 2.28. The lowest BCUT2D eigenvalue weighted by atomic mass is 10.1. The maximum atomic E-state index is 11.2. The smallest absolute Gasteiger partial charge is 0.328 e. The predicted octanol–water partition coefficient (Wildman–Crippen LogP) is 1.30. The Morgan fingerprint density at radius 2 is 2.33 bits per heavy atom. The number of hydrogen-bond donors (Lipinski definition) is 1. The van der Waals surface area contributed by atoms with Crippen LogP contribution in [0.4, 0.5) is 0 Å². The third-order valence-corrected chi connectivity index (χ3v) is 3.05. The summed E-state index contributed by atoms with van der Waals surface area (Å²) in [7, 11) is 0. The molecule has 18 heavy (non-hydrogen) atoms. The van der Waals surface area contributed by atoms with Gasteiger partial charge < -0.3 is 5.11 Å². The molecule has 92 valence electrons. The third-order valence-electron chi connectivity index (χ3n) is 3.05. The van der Waals surface area contributed by atoms with Crippen LogP contribution >= 0.6 is 0 Å². The molecule has 0 aliphatic carbocycles. The molecule has 6 heteroatoms. The number of carboxylic acid groups (broad SMARTS) is 1. The molecule has 1 N–H and O–H groups in total. The van der Waals surface area contributed by atoms with Gasteiger partial charge in [-0.15, -0.1) is 5.10 Å². The van der Waals surface area contributed by atoms with Gasteiger partial charge in [-0.3, -0.25) is 4.98 Å². The van der Waals surface area contributed by atoms with Crippen LogP contribution in [0.15, 0.2) is 24.4 Å². The number of carboxylic acids is 1. The van der Waals surface area contributed by atoms with Crippen molar-refractivity contribution in [2.24, 2.45) is 0 Å². The van der Waals surface area contributed by atoms with Crippen molar-refractivity contribution in [1.82, 2.24) is 19.7 Å². The van der Waals surface area contributed by atoms with Crippen molar-refractivity contribution in [3.63, 3.8) is 0 Å². The molecule has 1 aliphatic rings. The van der Waals surface area contributed by atoms with Crippen molar-refractivity contribution in [1.29, 1.82) is 0 Å². The molecule has 3 rings (SSSR count). The summed E-state index contributed by atoms with van der Waals surface area (Å²) in [5, 5.41) is 13.4. The van der Waals surface area contributed by atoms with E-state index in [2.05, 4.69) is 15.1 Å². The molecule has 1 aliphatic heterocycles. The van der Waals surface area contributed by atoms with Gasteiger partial charge in [-0.25, -0.2) is 14.5 Å². The molecule has 3 heterocycles. The van der Waals surface area contributed by atoms with Crippen LogP contribution in [-0.4, -0.2) is 30.8 Å². The van der Waals surface area contributed by atoms with E-state index in [4.69, 9.17) is 5.11 Å². The number of aromatic nitrogens is 4. The average Bonchev–Trinajstić information content (AvgIpc) is 2.83. The van der Waals surface area contributed by atoms with E-state index in [1.165, 1.54) is 4.68 Å². The largest absolute Gasteiger partial charge is 0.480 e. The monoisotopic (exact) mass is 244 g/mol. The number of nitrogens with zero attached hydrogens (tertiary/aromatic N) is 4. The standard InChI is InChI=1S/C12H12N4O2/c17-12(18)9-5-3-6-10-14-11(15-16(9)10)8-4-1-2-7-13-8/h1-2,4,7,9H,3,5-6H2,(H,17,18). The Labute approximate surface area is 103 Å². The number of aryl methyl sites for hydroxylation is 1. The summed E-state index contributed by atoms with van der Waals surface area (Å²) in [6.07, 6.45) is 3.87. The first-order chi connectivity index (χ1) is 8.75. The van der Waals surface area contributed by atoms with Gasteiger partial charge in [0.15, 0.2) is 11.9 Å². The van der Waals surface area contributed by atoms with Gasteiger partial charge in [0.2, 0.25) is 0 Å². The summed E-state index contributed by atoms with van der Waals surface area (Å²) < 4.78 is 1.52. The molecule has 2 aromatic rings. The summed E-state index contributed by atoms with van der Waals surface area (Å²) in [5.41, 5.74) is 0.670. The molecule has 0 aromatic carbocycles. The molecule has 0 saturated heterocycles. The quantitative estimate of drug-likeness (QED) is 0.861. The number of pyridine rings is 1. The second kappa shape index (κ2) is 4.21. The second-order valence-corrected chi connectivity index (χ2v) is 4.26. The minimum absolute atomic E-state index is 0.499. The zero-order valence-corrected chi connectivity index (χ0v) is 9.65. The van der Waals surface area contributed by atoms with Crippen LogP contribution in [0.3, 0.4) is 0 Å². The lowest BCUT2D eigenvalue weighted by Crippen LogP contribution is -2.25. The fourth-order valence-electron chi connectivity index (χ4n) is 2.18. The third kappa shape index (κ3) is 1.75. The van der Waals surface area contributed by atoms with Crippen molar-refractivity contribution in [3.8, 4) is 11.5 Å². The highest BCUT2D eigenvalue weighted by molar-refractivity contribution is 5.72. The van der Waals surface area contributed by atoms with Crippen LogP contribution < -0.4 is 0 Å². The fourth-order valence-corrected chi connectivity index (χ4v) is 2.18. The maximum Gasteiger partial charge on any atom is 0.328 e. The van der Waals surface area contributed by atoms with Gasteiger partial charge in [0, 0.05) is 12.6 Å². The Morgan fingerprint density at radius 3 is 3.06 bits per heavy atom. The molecule has 0 bridgehead atoms. The normalized spacial score (nSPS) is 18.3. The molecule has 0 fully saturated rings. The lowest BCUT2D eigenvalue weighted by molar-refractivity contribution is -0.141. The van der Waals surface area contributed by atoms with Gasteiger partial charge >= 0.3 is 5.97 Å². The highest BCUT2D eigenvalue weighted by atomic mass is 16.4. The highest BCUT2D eigenvalue weighted by Crippen LogP contribution is 2.25.